The third-order valence-corrected chi connectivity index (χ3v) is 3.84. The number of carbonyl (C=O) groups is 1. The number of carbonyl (C=O) groups excluding carboxylic acids is 1. The van der Waals surface area contributed by atoms with E-state index >= 15 is 0 Å². The van der Waals surface area contributed by atoms with Gasteiger partial charge in [0.15, 0.2) is 11.5 Å². The van der Waals surface area contributed by atoms with Gasteiger partial charge in [0.1, 0.15) is 5.75 Å². The van der Waals surface area contributed by atoms with Gasteiger partial charge in [-0.3, -0.25) is 4.79 Å². The van der Waals surface area contributed by atoms with Gasteiger partial charge in [0.05, 0.1) is 26.7 Å². The van der Waals surface area contributed by atoms with E-state index in [2.05, 4.69) is 5.32 Å². The highest BCUT2D eigenvalue weighted by molar-refractivity contribution is 6.19. The zero-order chi connectivity index (χ0) is 16.0. The zero-order valence-corrected chi connectivity index (χ0v) is 13.8. The molecule has 21 heavy (non-hydrogen) atoms. The van der Waals surface area contributed by atoms with Crippen molar-refractivity contribution in [1.82, 2.24) is 5.32 Å². The monoisotopic (exact) mass is 315 g/mol. The van der Waals surface area contributed by atoms with Gasteiger partial charge in [0.25, 0.3) is 0 Å². The van der Waals surface area contributed by atoms with Crippen molar-refractivity contribution in [2.24, 2.45) is 5.41 Å². The summed E-state index contributed by atoms with van der Waals surface area (Å²) in [6.07, 6.45) is 0. The molecule has 0 bridgehead atoms. The number of nitrogens with one attached hydrogen (secondary N) is 1. The molecule has 0 atom stereocenters. The Kier molecular flexibility index (Phi) is 6.15. The highest BCUT2D eigenvalue weighted by Crippen LogP contribution is 2.34. The first-order chi connectivity index (χ1) is 9.89. The van der Waals surface area contributed by atoms with Crippen LogP contribution in [0.1, 0.15) is 19.4 Å². The molecule has 0 aliphatic rings. The minimum atomic E-state index is -0.620. The van der Waals surface area contributed by atoms with Crippen LogP contribution in [-0.4, -0.2) is 33.1 Å². The van der Waals surface area contributed by atoms with E-state index in [1.807, 2.05) is 0 Å². The third kappa shape index (κ3) is 4.17. The Morgan fingerprint density at radius 3 is 2.10 bits per heavy atom. The zero-order valence-electron chi connectivity index (χ0n) is 13.1. The lowest BCUT2D eigenvalue weighted by molar-refractivity contribution is -0.128. The van der Waals surface area contributed by atoms with E-state index in [9.17, 15) is 4.79 Å². The molecule has 0 saturated carbocycles. The molecule has 0 spiro atoms. The van der Waals surface area contributed by atoms with Crippen LogP contribution in [0.5, 0.6) is 17.2 Å². The number of methoxy groups -OCH3 is 3. The molecule has 1 rings (SSSR count). The van der Waals surface area contributed by atoms with Gasteiger partial charge in [-0.25, -0.2) is 0 Å². The van der Waals surface area contributed by atoms with Crippen molar-refractivity contribution in [2.75, 3.05) is 27.2 Å². The molecule has 0 aliphatic heterocycles. The molecular formula is C15H22ClNO4. The molecular weight excluding hydrogens is 294 g/mol. The number of benzene rings is 1. The van der Waals surface area contributed by atoms with E-state index in [1.54, 1.807) is 47.3 Å². The third-order valence-electron chi connectivity index (χ3n) is 3.17. The summed E-state index contributed by atoms with van der Waals surface area (Å²) in [5.41, 5.74) is 0.180. The molecule has 0 heterocycles. The van der Waals surface area contributed by atoms with Gasteiger partial charge in [-0.2, -0.15) is 0 Å². The lowest BCUT2D eigenvalue weighted by Gasteiger charge is -2.21. The van der Waals surface area contributed by atoms with E-state index < -0.39 is 5.41 Å². The van der Waals surface area contributed by atoms with Crippen molar-refractivity contribution in [2.45, 2.75) is 20.4 Å². The molecule has 0 saturated heterocycles. The van der Waals surface area contributed by atoms with Crippen LogP contribution in [0.15, 0.2) is 12.1 Å². The number of hydrogen-bond acceptors (Lipinski definition) is 4. The van der Waals surface area contributed by atoms with Crippen LogP contribution in [0.4, 0.5) is 0 Å². The molecule has 1 amide bonds. The van der Waals surface area contributed by atoms with E-state index in [1.165, 1.54) is 0 Å². The van der Waals surface area contributed by atoms with Crippen LogP contribution in [0, 0.1) is 5.41 Å². The first kappa shape index (κ1) is 17.4. The SMILES string of the molecule is COc1cc(OC)c(OC)cc1CNC(=O)C(C)(C)CCl. The summed E-state index contributed by atoms with van der Waals surface area (Å²) in [6, 6.07) is 3.51. The quantitative estimate of drug-likeness (QED) is 0.786. The van der Waals surface area contributed by atoms with Gasteiger partial charge in [0, 0.05) is 24.1 Å². The Bertz CT molecular complexity index is 503. The number of hydrogen-bond donors (Lipinski definition) is 1. The molecule has 118 valence electrons. The topological polar surface area (TPSA) is 56.8 Å². The minimum Gasteiger partial charge on any atom is -0.496 e. The summed E-state index contributed by atoms with van der Waals surface area (Å²) in [4.78, 5) is 12.1. The standard InChI is InChI=1S/C15H22ClNO4/c1-15(2,9-16)14(18)17-8-10-6-12(20-4)13(21-5)7-11(10)19-3/h6-7H,8-9H2,1-5H3,(H,17,18). The fraction of sp³-hybridized carbons (Fsp3) is 0.533. The number of ether oxygens (including phenoxy) is 3. The van der Waals surface area contributed by atoms with Gasteiger partial charge >= 0.3 is 0 Å². The number of alkyl halides is 1. The number of halogens is 1. The van der Waals surface area contributed by atoms with Crippen LogP contribution in [0.3, 0.4) is 0 Å². The van der Waals surface area contributed by atoms with Crippen molar-refractivity contribution < 1.29 is 19.0 Å². The normalized spacial score (nSPS) is 11.0. The maximum Gasteiger partial charge on any atom is 0.227 e. The fourth-order valence-electron chi connectivity index (χ4n) is 1.71. The summed E-state index contributed by atoms with van der Waals surface area (Å²) in [7, 11) is 4.68. The molecule has 0 aliphatic carbocycles. The summed E-state index contributed by atoms with van der Waals surface area (Å²) < 4.78 is 15.8. The molecule has 0 aromatic heterocycles. The average molecular weight is 316 g/mol. The van der Waals surface area contributed by atoms with E-state index in [4.69, 9.17) is 25.8 Å². The maximum absolute atomic E-state index is 12.1. The highest BCUT2D eigenvalue weighted by atomic mass is 35.5. The van der Waals surface area contributed by atoms with Crippen LogP contribution < -0.4 is 19.5 Å². The molecule has 1 aromatic rings. The smallest absolute Gasteiger partial charge is 0.227 e. The largest absolute Gasteiger partial charge is 0.496 e. The van der Waals surface area contributed by atoms with Crippen molar-refractivity contribution in [1.29, 1.82) is 0 Å². The Morgan fingerprint density at radius 1 is 1.10 bits per heavy atom. The van der Waals surface area contributed by atoms with E-state index in [-0.39, 0.29) is 11.8 Å². The Morgan fingerprint density at radius 2 is 1.62 bits per heavy atom. The van der Waals surface area contributed by atoms with Gasteiger partial charge in [-0.05, 0) is 19.9 Å². The Labute approximate surface area is 130 Å². The summed E-state index contributed by atoms with van der Waals surface area (Å²) in [5, 5.41) is 2.85. The molecule has 0 radical (unpaired) electrons. The predicted molar refractivity (Wildman–Crippen MR) is 82.4 cm³/mol. The molecule has 5 nitrogen and oxygen atoms in total. The van der Waals surface area contributed by atoms with Crippen molar-refractivity contribution in [3.63, 3.8) is 0 Å². The second kappa shape index (κ2) is 7.41. The van der Waals surface area contributed by atoms with Crippen LogP contribution in [-0.2, 0) is 11.3 Å². The Balaban J connectivity index is 2.95. The van der Waals surface area contributed by atoms with Gasteiger partial charge < -0.3 is 19.5 Å². The summed E-state index contributed by atoms with van der Waals surface area (Å²) in [6.45, 7) is 3.91. The van der Waals surface area contributed by atoms with Gasteiger partial charge in [0.2, 0.25) is 5.91 Å². The first-order valence-corrected chi connectivity index (χ1v) is 7.06. The lowest BCUT2D eigenvalue weighted by Crippen LogP contribution is -2.37. The Hall–Kier alpha value is -1.62. The van der Waals surface area contributed by atoms with E-state index in [0.29, 0.717) is 23.8 Å². The summed E-state index contributed by atoms with van der Waals surface area (Å²) >= 11 is 5.79. The van der Waals surface area contributed by atoms with Crippen LogP contribution >= 0.6 is 11.6 Å². The summed E-state index contributed by atoms with van der Waals surface area (Å²) in [5.74, 6) is 1.91. The second-order valence-electron chi connectivity index (χ2n) is 5.22. The predicted octanol–water partition coefficient (Wildman–Crippen LogP) is 2.59. The first-order valence-electron chi connectivity index (χ1n) is 6.52. The molecule has 1 aromatic carbocycles. The number of rotatable bonds is 7. The fourth-order valence-corrected chi connectivity index (χ4v) is 1.83. The number of amides is 1. The maximum atomic E-state index is 12.1. The van der Waals surface area contributed by atoms with Crippen molar-refractivity contribution >= 4 is 17.5 Å². The van der Waals surface area contributed by atoms with Crippen molar-refractivity contribution in [3.05, 3.63) is 17.7 Å². The highest BCUT2D eigenvalue weighted by Gasteiger charge is 2.26. The molecule has 0 fully saturated rings. The average Bonchev–Trinajstić information content (AvgIpc) is 2.51. The van der Waals surface area contributed by atoms with Crippen molar-refractivity contribution in [3.8, 4) is 17.2 Å². The van der Waals surface area contributed by atoms with Crippen LogP contribution in [0.2, 0.25) is 0 Å². The molecule has 1 N–H and O–H groups in total. The van der Waals surface area contributed by atoms with E-state index in [0.717, 1.165) is 5.56 Å². The molecule has 0 unspecified atom stereocenters. The second-order valence-corrected chi connectivity index (χ2v) is 5.49. The molecule has 6 heteroatoms. The van der Waals surface area contributed by atoms with Crippen LogP contribution in [0.25, 0.3) is 0 Å². The lowest BCUT2D eigenvalue weighted by atomic mass is 9.95. The minimum absolute atomic E-state index is 0.116. The van der Waals surface area contributed by atoms with Gasteiger partial charge in [-0.15, -0.1) is 11.6 Å². The van der Waals surface area contributed by atoms with Gasteiger partial charge in [-0.1, -0.05) is 0 Å².